The number of ether oxygens (including phenoxy) is 1. The Bertz CT molecular complexity index is 579. The van der Waals surface area contributed by atoms with Crippen molar-refractivity contribution in [2.45, 2.75) is 26.2 Å². The summed E-state index contributed by atoms with van der Waals surface area (Å²) in [4.78, 5) is 7.82. The van der Waals surface area contributed by atoms with Crippen LogP contribution >= 0.6 is 34.8 Å². The standard InChI is InChI=1S/C15H15Cl3N2O/c1-2-3-8-21-11-6-4-10(5-7-11)9-12-13(16)19-15(18)20-14(12)17/h4-7H,2-3,8-9H2,1H3. The van der Waals surface area contributed by atoms with Crippen molar-refractivity contribution in [3.63, 3.8) is 0 Å². The zero-order chi connectivity index (χ0) is 15.2. The predicted molar refractivity (Wildman–Crippen MR) is 86.7 cm³/mol. The number of nitrogens with zero attached hydrogens (tertiary/aromatic N) is 2. The van der Waals surface area contributed by atoms with Gasteiger partial charge in [0.15, 0.2) is 0 Å². The van der Waals surface area contributed by atoms with Crippen LogP contribution in [0.1, 0.15) is 30.9 Å². The molecule has 0 aliphatic rings. The minimum Gasteiger partial charge on any atom is -0.494 e. The van der Waals surface area contributed by atoms with Crippen LogP contribution in [0.2, 0.25) is 15.6 Å². The van der Waals surface area contributed by atoms with Gasteiger partial charge in [-0.25, -0.2) is 9.97 Å². The molecule has 6 heteroatoms. The average Bonchev–Trinajstić information content (AvgIpc) is 2.44. The van der Waals surface area contributed by atoms with Crippen molar-refractivity contribution in [3.05, 3.63) is 51.0 Å². The van der Waals surface area contributed by atoms with E-state index in [0.717, 1.165) is 30.8 Å². The van der Waals surface area contributed by atoms with Crippen LogP contribution in [-0.2, 0) is 6.42 Å². The van der Waals surface area contributed by atoms with E-state index in [1.807, 2.05) is 24.3 Å². The molecule has 0 aliphatic heterocycles. The molecule has 0 spiro atoms. The molecule has 0 radical (unpaired) electrons. The molecule has 0 saturated heterocycles. The highest BCUT2D eigenvalue weighted by Gasteiger charge is 2.11. The van der Waals surface area contributed by atoms with E-state index in [9.17, 15) is 0 Å². The normalized spacial score (nSPS) is 10.7. The van der Waals surface area contributed by atoms with E-state index in [0.29, 0.717) is 12.0 Å². The van der Waals surface area contributed by atoms with Crippen LogP contribution in [0.3, 0.4) is 0 Å². The van der Waals surface area contributed by atoms with Gasteiger partial charge in [-0.15, -0.1) is 0 Å². The second-order valence-electron chi connectivity index (χ2n) is 4.58. The monoisotopic (exact) mass is 344 g/mol. The Hall–Kier alpha value is -1.03. The Morgan fingerprint density at radius 1 is 1.00 bits per heavy atom. The van der Waals surface area contributed by atoms with Crippen LogP contribution < -0.4 is 4.74 Å². The SMILES string of the molecule is CCCCOc1ccc(Cc2c(Cl)nc(Cl)nc2Cl)cc1. The van der Waals surface area contributed by atoms with Crippen molar-refractivity contribution < 1.29 is 4.74 Å². The lowest BCUT2D eigenvalue weighted by molar-refractivity contribution is 0.309. The fourth-order valence-corrected chi connectivity index (χ4v) is 2.57. The third-order valence-corrected chi connectivity index (χ3v) is 3.74. The number of benzene rings is 1. The van der Waals surface area contributed by atoms with Crippen LogP contribution in [0, 0.1) is 0 Å². The van der Waals surface area contributed by atoms with Gasteiger partial charge in [-0.05, 0) is 35.7 Å². The average molecular weight is 346 g/mol. The molecule has 1 aromatic carbocycles. The lowest BCUT2D eigenvalue weighted by Gasteiger charge is -2.08. The zero-order valence-corrected chi connectivity index (χ0v) is 13.8. The first kappa shape index (κ1) is 16.3. The summed E-state index contributed by atoms with van der Waals surface area (Å²) < 4.78 is 5.62. The highest BCUT2D eigenvalue weighted by Crippen LogP contribution is 2.26. The van der Waals surface area contributed by atoms with Gasteiger partial charge in [0, 0.05) is 12.0 Å². The van der Waals surface area contributed by atoms with Gasteiger partial charge in [0.25, 0.3) is 0 Å². The summed E-state index contributed by atoms with van der Waals surface area (Å²) in [6.45, 7) is 2.87. The fourth-order valence-electron chi connectivity index (χ4n) is 1.79. The Labute approximate surface area is 139 Å². The highest BCUT2D eigenvalue weighted by molar-refractivity contribution is 6.36. The number of unbranched alkanes of at least 4 members (excludes halogenated alkanes) is 1. The molecule has 112 valence electrons. The molecule has 1 heterocycles. The van der Waals surface area contributed by atoms with Gasteiger partial charge in [-0.1, -0.05) is 48.7 Å². The van der Waals surface area contributed by atoms with E-state index in [4.69, 9.17) is 39.5 Å². The van der Waals surface area contributed by atoms with Crippen molar-refractivity contribution in [2.24, 2.45) is 0 Å². The van der Waals surface area contributed by atoms with Gasteiger partial charge in [0.05, 0.1) is 6.61 Å². The van der Waals surface area contributed by atoms with Crippen LogP contribution in [0.5, 0.6) is 5.75 Å². The number of halogens is 3. The highest BCUT2D eigenvalue weighted by atomic mass is 35.5. The summed E-state index contributed by atoms with van der Waals surface area (Å²) in [5, 5.41) is 0.611. The maximum Gasteiger partial charge on any atom is 0.225 e. The molecule has 21 heavy (non-hydrogen) atoms. The van der Waals surface area contributed by atoms with Crippen molar-refractivity contribution >= 4 is 34.8 Å². The second kappa shape index (κ2) is 7.83. The van der Waals surface area contributed by atoms with E-state index in [1.54, 1.807) is 0 Å². The molecule has 0 atom stereocenters. The minimum absolute atomic E-state index is 0.0495. The molecule has 2 rings (SSSR count). The molecule has 3 nitrogen and oxygen atoms in total. The van der Waals surface area contributed by atoms with Crippen LogP contribution in [0.4, 0.5) is 0 Å². The fraction of sp³-hybridized carbons (Fsp3) is 0.333. The smallest absolute Gasteiger partial charge is 0.225 e. The molecule has 0 fully saturated rings. The van der Waals surface area contributed by atoms with Gasteiger partial charge >= 0.3 is 0 Å². The summed E-state index contributed by atoms with van der Waals surface area (Å²) in [6, 6.07) is 7.82. The van der Waals surface area contributed by atoms with Crippen molar-refractivity contribution in [2.75, 3.05) is 6.61 Å². The molecule has 0 N–H and O–H groups in total. The van der Waals surface area contributed by atoms with Crippen molar-refractivity contribution in [3.8, 4) is 5.75 Å². The topological polar surface area (TPSA) is 35.0 Å². The summed E-state index contributed by atoms with van der Waals surface area (Å²) in [6.07, 6.45) is 2.71. The van der Waals surface area contributed by atoms with Gasteiger partial charge < -0.3 is 4.74 Å². The quantitative estimate of drug-likeness (QED) is 0.410. The van der Waals surface area contributed by atoms with E-state index in [1.165, 1.54) is 0 Å². The minimum atomic E-state index is 0.0495. The second-order valence-corrected chi connectivity index (χ2v) is 5.63. The molecule has 0 unspecified atom stereocenters. The van der Waals surface area contributed by atoms with Gasteiger partial charge in [-0.2, -0.15) is 0 Å². The van der Waals surface area contributed by atoms with Crippen molar-refractivity contribution in [1.82, 2.24) is 9.97 Å². The van der Waals surface area contributed by atoms with Crippen LogP contribution in [0.15, 0.2) is 24.3 Å². The van der Waals surface area contributed by atoms with E-state index in [2.05, 4.69) is 16.9 Å². The summed E-state index contributed by atoms with van der Waals surface area (Å²) in [5.41, 5.74) is 1.72. The van der Waals surface area contributed by atoms with E-state index < -0.39 is 0 Å². The number of rotatable bonds is 6. The van der Waals surface area contributed by atoms with Gasteiger partial charge in [0.2, 0.25) is 5.28 Å². The molecule has 0 saturated carbocycles. The number of aromatic nitrogens is 2. The van der Waals surface area contributed by atoms with Crippen LogP contribution in [-0.4, -0.2) is 16.6 Å². The largest absolute Gasteiger partial charge is 0.494 e. The summed E-state index contributed by atoms with van der Waals surface area (Å²) >= 11 is 17.8. The first-order valence-corrected chi connectivity index (χ1v) is 7.82. The van der Waals surface area contributed by atoms with E-state index in [-0.39, 0.29) is 15.6 Å². The summed E-state index contributed by atoms with van der Waals surface area (Å²) in [5.74, 6) is 0.858. The first-order valence-electron chi connectivity index (χ1n) is 6.69. The van der Waals surface area contributed by atoms with Gasteiger partial charge in [-0.3, -0.25) is 0 Å². The third kappa shape index (κ3) is 4.73. The molecule has 2 aromatic rings. The lowest BCUT2D eigenvalue weighted by Crippen LogP contribution is -1.98. The number of hydrogen-bond donors (Lipinski definition) is 0. The van der Waals surface area contributed by atoms with Crippen LogP contribution in [0.25, 0.3) is 0 Å². The maximum absolute atomic E-state index is 6.06. The summed E-state index contributed by atoms with van der Waals surface area (Å²) in [7, 11) is 0. The first-order chi connectivity index (χ1) is 10.1. The molecule has 0 amide bonds. The third-order valence-electron chi connectivity index (χ3n) is 2.95. The van der Waals surface area contributed by atoms with E-state index >= 15 is 0 Å². The molecular weight excluding hydrogens is 331 g/mol. The Morgan fingerprint density at radius 3 is 2.19 bits per heavy atom. The maximum atomic E-state index is 6.06. The zero-order valence-electron chi connectivity index (χ0n) is 11.6. The molecular formula is C15H15Cl3N2O. The lowest BCUT2D eigenvalue weighted by atomic mass is 10.1. The van der Waals surface area contributed by atoms with Gasteiger partial charge in [0.1, 0.15) is 16.1 Å². The predicted octanol–water partition coefficient (Wildman–Crippen LogP) is 5.21. The Kier molecular flexibility index (Phi) is 6.09. The molecule has 1 aromatic heterocycles. The Morgan fingerprint density at radius 2 is 1.62 bits per heavy atom. The number of hydrogen-bond acceptors (Lipinski definition) is 3. The molecule has 0 aliphatic carbocycles. The molecule has 0 bridgehead atoms. The van der Waals surface area contributed by atoms with Crippen molar-refractivity contribution in [1.29, 1.82) is 0 Å². The Balaban J connectivity index is 2.07.